The molecule has 0 aromatic heterocycles. The standard InChI is InChI=1S/C14H17O2P/c1-4-5-6-7-14(15)16-12-8-10-13(11-9-12)17(2)3/h4-11H,1-3H3/b5-4+,7-6+. The Hall–Kier alpha value is -1.40. The number of ether oxygens (including phenoxy) is 1. The Kier molecular flexibility index (Phi) is 5.65. The number of hydrogen-bond acceptors (Lipinski definition) is 2. The Balaban J connectivity index is 2.60. The van der Waals surface area contributed by atoms with Crippen molar-refractivity contribution in [3.05, 3.63) is 48.6 Å². The van der Waals surface area contributed by atoms with Crippen LogP contribution in [0.4, 0.5) is 0 Å². The fourth-order valence-electron chi connectivity index (χ4n) is 1.21. The third kappa shape index (κ3) is 4.97. The molecule has 0 heterocycles. The lowest BCUT2D eigenvalue weighted by atomic mass is 10.3. The highest BCUT2D eigenvalue weighted by Crippen LogP contribution is 2.24. The van der Waals surface area contributed by atoms with Crippen LogP contribution < -0.4 is 10.0 Å². The minimum Gasteiger partial charge on any atom is -0.423 e. The van der Waals surface area contributed by atoms with Crippen LogP contribution in [0.2, 0.25) is 0 Å². The number of esters is 1. The molecule has 1 aromatic rings. The van der Waals surface area contributed by atoms with Gasteiger partial charge in [0.25, 0.3) is 0 Å². The molecule has 17 heavy (non-hydrogen) atoms. The minimum atomic E-state index is -0.355. The van der Waals surface area contributed by atoms with Crippen molar-refractivity contribution in [2.24, 2.45) is 0 Å². The van der Waals surface area contributed by atoms with Gasteiger partial charge >= 0.3 is 5.97 Å². The van der Waals surface area contributed by atoms with Crippen LogP contribution in [0.3, 0.4) is 0 Å². The summed E-state index contributed by atoms with van der Waals surface area (Å²) in [4.78, 5) is 11.4. The van der Waals surface area contributed by atoms with Crippen LogP contribution in [0, 0.1) is 0 Å². The number of carbonyl (C=O) groups excluding carboxylic acids is 1. The molecule has 0 aliphatic rings. The van der Waals surface area contributed by atoms with E-state index in [0.29, 0.717) is 5.75 Å². The fraction of sp³-hybridized carbons (Fsp3) is 0.214. The Labute approximate surface area is 104 Å². The van der Waals surface area contributed by atoms with E-state index in [4.69, 9.17) is 4.74 Å². The van der Waals surface area contributed by atoms with Gasteiger partial charge in [-0.1, -0.05) is 38.3 Å². The van der Waals surface area contributed by atoms with Crippen molar-refractivity contribution in [3.63, 3.8) is 0 Å². The van der Waals surface area contributed by atoms with E-state index >= 15 is 0 Å². The summed E-state index contributed by atoms with van der Waals surface area (Å²) in [5, 5.41) is 1.30. The normalized spacial score (nSPS) is 11.5. The summed E-state index contributed by atoms with van der Waals surface area (Å²) in [6.45, 7) is 6.27. The highest BCUT2D eigenvalue weighted by molar-refractivity contribution is 7.64. The summed E-state index contributed by atoms with van der Waals surface area (Å²) in [5.74, 6) is 0.229. The molecule has 0 aliphatic carbocycles. The van der Waals surface area contributed by atoms with Crippen molar-refractivity contribution in [3.8, 4) is 5.75 Å². The Morgan fingerprint density at radius 2 is 1.82 bits per heavy atom. The zero-order valence-electron chi connectivity index (χ0n) is 10.4. The number of allylic oxidation sites excluding steroid dienone is 3. The summed E-state index contributed by atoms with van der Waals surface area (Å²) < 4.78 is 5.14. The molecule has 0 amide bonds. The van der Waals surface area contributed by atoms with Gasteiger partial charge < -0.3 is 4.74 Å². The van der Waals surface area contributed by atoms with E-state index in [1.165, 1.54) is 11.4 Å². The van der Waals surface area contributed by atoms with Crippen LogP contribution in [0.15, 0.2) is 48.6 Å². The maximum atomic E-state index is 11.4. The molecule has 1 aromatic carbocycles. The molecular weight excluding hydrogens is 231 g/mol. The first-order valence-electron chi connectivity index (χ1n) is 5.42. The molecule has 0 atom stereocenters. The van der Waals surface area contributed by atoms with Crippen LogP contribution in [0.5, 0.6) is 5.75 Å². The molecule has 0 fully saturated rings. The van der Waals surface area contributed by atoms with Gasteiger partial charge in [-0.25, -0.2) is 4.79 Å². The van der Waals surface area contributed by atoms with Gasteiger partial charge in [-0.2, -0.15) is 0 Å². The molecule has 0 saturated heterocycles. The van der Waals surface area contributed by atoms with Crippen LogP contribution in [-0.4, -0.2) is 19.3 Å². The molecule has 0 unspecified atom stereocenters. The Morgan fingerprint density at radius 1 is 1.18 bits per heavy atom. The quantitative estimate of drug-likeness (QED) is 0.269. The van der Waals surface area contributed by atoms with E-state index in [-0.39, 0.29) is 13.9 Å². The van der Waals surface area contributed by atoms with Gasteiger partial charge in [0, 0.05) is 6.08 Å². The highest BCUT2D eigenvalue weighted by Gasteiger charge is 2.01. The minimum absolute atomic E-state index is 0.104. The number of rotatable bonds is 4. The van der Waals surface area contributed by atoms with Gasteiger partial charge in [-0.15, -0.1) is 0 Å². The molecule has 0 bridgehead atoms. The second-order valence-corrected chi connectivity index (χ2v) is 6.00. The van der Waals surface area contributed by atoms with E-state index in [1.54, 1.807) is 12.2 Å². The zero-order chi connectivity index (χ0) is 12.7. The summed E-state index contributed by atoms with van der Waals surface area (Å²) in [5.41, 5.74) is 0. The van der Waals surface area contributed by atoms with Crippen LogP contribution in [0.1, 0.15) is 6.92 Å². The number of benzene rings is 1. The first-order valence-corrected chi connectivity index (χ1v) is 7.65. The fourth-order valence-corrected chi connectivity index (χ4v) is 1.95. The highest BCUT2D eigenvalue weighted by atomic mass is 31.1. The van der Waals surface area contributed by atoms with E-state index < -0.39 is 0 Å². The third-order valence-electron chi connectivity index (χ3n) is 2.11. The lowest BCUT2D eigenvalue weighted by molar-refractivity contribution is -0.128. The molecule has 3 heteroatoms. The van der Waals surface area contributed by atoms with Gasteiger partial charge in [0.1, 0.15) is 5.75 Å². The van der Waals surface area contributed by atoms with Crippen molar-refractivity contribution >= 4 is 19.2 Å². The van der Waals surface area contributed by atoms with Crippen molar-refractivity contribution in [2.45, 2.75) is 6.92 Å². The number of hydrogen-bond donors (Lipinski definition) is 0. The lowest BCUT2D eigenvalue weighted by Gasteiger charge is -2.06. The topological polar surface area (TPSA) is 26.3 Å². The van der Waals surface area contributed by atoms with Gasteiger partial charge in [-0.3, -0.25) is 0 Å². The van der Waals surface area contributed by atoms with E-state index in [1.807, 2.05) is 37.3 Å². The Morgan fingerprint density at radius 3 is 2.35 bits per heavy atom. The van der Waals surface area contributed by atoms with Crippen LogP contribution in [0.25, 0.3) is 0 Å². The molecule has 0 saturated carbocycles. The van der Waals surface area contributed by atoms with E-state index in [9.17, 15) is 4.79 Å². The van der Waals surface area contributed by atoms with Gasteiger partial charge in [0.05, 0.1) is 0 Å². The van der Waals surface area contributed by atoms with Crippen LogP contribution >= 0.6 is 7.92 Å². The summed E-state index contributed by atoms with van der Waals surface area (Å²) >= 11 is 0. The van der Waals surface area contributed by atoms with Crippen molar-refractivity contribution in [1.82, 2.24) is 0 Å². The zero-order valence-corrected chi connectivity index (χ0v) is 11.3. The van der Waals surface area contributed by atoms with E-state index in [0.717, 1.165) is 0 Å². The number of carbonyl (C=O) groups is 1. The molecule has 2 nitrogen and oxygen atoms in total. The maximum Gasteiger partial charge on any atom is 0.336 e. The molecule has 0 aliphatic heterocycles. The summed E-state index contributed by atoms with van der Waals surface area (Å²) in [6.07, 6.45) is 6.70. The largest absolute Gasteiger partial charge is 0.423 e. The Bertz CT molecular complexity index is 416. The summed E-state index contributed by atoms with van der Waals surface area (Å²) in [6, 6.07) is 7.67. The van der Waals surface area contributed by atoms with E-state index in [2.05, 4.69) is 13.3 Å². The molecule has 0 radical (unpaired) electrons. The SMILES string of the molecule is C/C=C/C=C/C(=O)Oc1ccc(P(C)C)cc1. The predicted molar refractivity (Wildman–Crippen MR) is 74.4 cm³/mol. The molecule has 0 spiro atoms. The summed E-state index contributed by atoms with van der Waals surface area (Å²) in [7, 11) is -0.104. The first-order chi connectivity index (χ1) is 8.13. The van der Waals surface area contributed by atoms with Crippen LogP contribution in [-0.2, 0) is 4.79 Å². The van der Waals surface area contributed by atoms with Crippen molar-refractivity contribution in [2.75, 3.05) is 13.3 Å². The monoisotopic (exact) mass is 248 g/mol. The third-order valence-corrected chi connectivity index (χ3v) is 3.44. The molecule has 1 rings (SSSR count). The maximum absolute atomic E-state index is 11.4. The average Bonchev–Trinajstić information content (AvgIpc) is 2.30. The van der Waals surface area contributed by atoms with Crippen molar-refractivity contribution < 1.29 is 9.53 Å². The smallest absolute Gasteiger partial charge is 0.336 e. The predicted octanol–water partition coefficient (Wildman–Crippen LogP) is 3.09. The lowest BCUT2D eigenvalue weighted by Crippen LogP contribution is -2.05. The van der Waals surface area contributed by atoms with Gasteiger partial charge in [0.2, 0.25) is 0 Å². The second-order valence-electron chi connectivity index (χ2n) is 3.69. The second kappa shape index (κ2) is 7.03. The molecular formula is C14H17O2P. The molecule has 0 N–H and O–H groups in total. The average molecular weight is 248 g/mol. The van der Waals surface area contributed by atoms with Gasteiger partial charge in [0.15, 0.2) is 0 Å². The first kappa shape index (κ1) is 13.7. The van der Waals surface area contributed by atoms with Crippen molar-refractivity contribution in [1.29, 1.82) is 0 Å². The van der Waals surface area contributed by atoms with Gasteiger partial charge in [-0.05, 0) is 37.7 Å². The molecule has 90 valence electrons.